The van der Waals surface area contributed by atoms with Gasteiger partial charge in [0.2, 0.25) is 5.75 Å². The van der Waals surface area contributed by atoms with E-state index in [9.17, 15) is 0 Å². The summed E-state index contributed by atoms with van der Waals surface area (Å²) >= 11 is 0. The van der Waals surface area contributed by atoms with E-state index in [0.717, 1.165) is 5.82 Å². The predicted molar refractivity (Wildman–Crippen MR) is 57.8 cm³/mol. The second kappa shape index (κ2) is 3.90. The van der Waals surface area contributed by atoms with E-state index < -0.39 is 0 Å². The van der Waals surface area contributed by atoms with Gasteiger partial charge in [-0.25, -0.2) is 15.8 Å². The van der Waals surface area contributed by atoms with E-state index in [4.69, 9.17) is 10.6 Å². The first-order valence-electron chi connectivity index (χ1n) is 4.86. The third-order valence-electron chi connectivity index (χ3n) is 2.55. The summed E-state index contributed by atoms with van der Waals surface area (Å²) in [5.41, 5.74) is 2.50. The Balaban J connectivity index is 2.35. The molecule has 15 heavy (non-hydrogen) atoms. The molecule has 6 nitrogen and oxygen atoms in total. The van der Waals surface area contributed by atoms with Crippen molar-refractivity contribution < 1.29 is 4.74 Å². The predicted octanol–water partition coefficient (Wildman–Crippen LogP) is 0.369. The number of ether oxygens (including phenoxy) is 1. The van der Waals surface area contributed by atoms with Gasteiger partial charge in [0.05, 0.1) is 7.11 Å². The molecule has 1 saturated carbocycles. The molecule has 1 fully saturated rings. The van der Waals surface area contributed by atoms with Crippen molar-refractivity contribution in [1.29, 1.82) is 0 Å². The van der Waals surface area contributed by atoms with Crippen LogP contribution in [0.25, 0.3) is 0 Å². The van der Waals surface area contributed by atoms with Gasteiger partial charge in [0, 0.05) is 13.1 Å². The van der Waals surface area contributed by atoms with E-state index >= 15 is 0 Å². The number of nitrogens with two attached hydrogens (primary N) is 1. The third-order valence-corrected chi connectivity index (χ3v) is 2.55. The molecule has 0 amide bonds. The average molecular weight is 209 g/mol. The topological polar surface area (TPSA) is 76.3 Å². The van der Waals surface area contributed by atoms with Crippen LogP contribution in [0, 0.1) is 0 Å². The first kappa shape index (κ1) is 9.97. The quantitative estimate of drug-likeness (QED) is 0.551. The van der Waals surface area contributed by atoms with Crippen molar-refractivity contribution in [3.63, 3.8) is 0 Å². The lowest BCUT2D eigenvalue weighted by atomic mass is 10.4. The second-order valence-electron chi connectivity index (χ2n) is 3.57. The molecule has 2 rings (SSSR count). The number of rotatable bonds is 4. The third kappa shape index (κ3) is 1.80. The van der Waals surface area contributed by atoms with Crippen LogP contribution in [0.3, 0.4) is 0 Å². The maximum atomic E-state index is 5.35. The van der Waals surface area contributed by atoms with Crippen molar-refractivity contribution in [2.24, 2.45) is 5.84 Å². The van der Waals surface area contributed by atoms with E-state index in [1.807, 2.05) is 7.05 Å². The van der Waals surface area contributed by atoms with Crippen molar-refractivity contribution in [3.05, 3.63) is 6.33 Å². The molecule has 82 valence electrons. The van der Waals surface area contributed by atoms with Gasteiger partial charge in [-0.05, 0) is 12.8 Å². The largest absolute Gasteiger partial charge is 0.490 e. The molecule has 0 bridgehead atoms. The minimum atomic E-state index is 0.509. The van der Waals surface area contributed by atoms with Gasteiger partial charge in [-0.15, -0.1) is 0 Å². The molecule has 1 aromatic rings. The molecule has 1 aliphatic carbocycles. The fourth-order valence-electron chi connectivity index (χ4n) is 1.54. The number of aromatic nitrogens is 2. The van der Waals surface area contributed by atoms with Crippen LogP contribution in [0.15, 0.2) is 6.33 Å². The summed E-state index contributed by atoms with van der Waals surface area (Å²) in [6, 6.07) is 0.569. The number of hydrazine groups is 1. The van der Waals surface area contributed by atoms with Gasteiger partial charge in [0.15, 0.2) is 11.6 Å². The Morgan fingerprint density at radius 3 is 2.80 bits per heavy atom. The summed E-state index contributed by atoms with van der Waals surface area (Å²) in [6.45, 7) is 0. The summed E-state index contributed by atoms with van der Waals surface area (Å²) in [5.74, 6) is 7.23. The molecule has 0 atom stereocenters. The highest BCUT2D eigenvalue weighted by Crippen LogP contribution is 2.36. The maximum absolute atomic E-state index is 5.35. The SMILES string of the molecule is COc1c(NN)ncnc1N(C)C1CC1. The number of methoxy groups -OCH3 is 1. The standard InChI is InChI=1S/C9H15N5O/c1-14(6-3-4-6)9-7(15-2)8(13-10)11-5-12-9/h5-6H,3-4,10H2,1-2H3,(H,11,12,13). The monoisotopic (exact) mass is 209 g/mol. The van der Waals surface area contributed by atoms with Crippen molar-refractivity contribution in [2.45, 2.75) is 18.9 Å². The summed E-state index contributed by atoms with van der Waals surface area (Å²) in [6.07, 6.45) is 3.88. The van der Waals surface area contributed by atoms with Gasteiger partial charge in [0.1, 0.15) is 6.33 Å². The Kier molecular flexibility index (Phi) is 2.59. The van der Waals surface area contributed by atoms with E-state index in [-0.39, 0.29) is 0 Å². The lowest BCUT2D eigenvalue weighted by molar-refractivity contribution is 0.412. The number of hydrogen-bond donors (Lipinski definition) is 2. The highest BCUT2D eigenvalue weighted by Gasteiger charge is 2.29. The van der Waals surface area contributed by atoms with Crippen LogP contribution in [-0.4, -0.2) is 30.2 Å². The van der Waals surface area contributed by atoms with E-state index in [0.29, 0.717) is 17.6 Å². The summed E-state index contributed by atoms with van der Waals surface area (Å²) < 4.78 is 5.26. The number of anilines is 2. The molecule has 0 unspecified atom stereocenters. The van der Waals surface area contributed by atoms with Crippen molar-refractivity contribution in [1.82, 2.24) is 9.97 Å². The fraction of sp³-hybridized carbons (Fsp3) is 0.556. The van der Waals surface area contributed by atoms with Crippen LogP contribution in [-0.2, 0) is 0 Å². The zero-order valence-electron chi connectivity index (χ0n) is 8.90. The maximum Gasteiger partial charge on any atom is 0.205 e. The van der Waals surface area contributed by atoms with E-state index in [1.165, 1.54) is 19.2 Å². The number of nitrogens with one attached hydrogen (secondary N) is 1. The highest BCUT2D eigenvalue weighted by molar-refractivity contribution is 5.64. The lowest BCUT2D eigenvalue weighted by Crippen LogP contribution is -2.22. The van der Waals surface area contributed by atoms with Gasteiger partial charge < -0.3 is 15.1 Å². The van der Waals surface area contributed by atoms with Gasteiger partial charge in [-0.3, -0.25) is 0 Å². The molecule has 3 N–H and O–H groups in total. The minimum absolute atomic E-state index is 0.509. The molecule has 0 saturated heterocycles. The molecule has 0 aromatic carbocycles. The van der Waals surface area contributed by atoms with Crippen LogP contribution in [0.1, 0.15) is 12.8 Å². The molecular weight excluding hydrogens is 194 g/mol. The zero-order valence-corrected chi connectivity index (χ0v) is 8.90. The molecule has 1 aliphatic rings. The Morgan fingerprint density at radius 2 is 2.27 bits per heavy atom. The first-order valence-corrected chi connectivity index (χ1v) is 4.86. The molecular formula is C9H15N5O. The van der Waals surface area contributed by atoms with Crippen molar-refractivity contribution in [2.75, 3.05) is 24.5 Å². The van der Waals surface area contributed by atoms with Gasteiger partial charge >= 0.3 is 0 Å². The molecule has 0 aliphatic heterocycles. The van der Waals surface area contributed by atoms with Gasteiger partial charge in [0.25, 0.3) is 0 Å². The molecule has 0 spiro atoms. The van der Waals surface area contributed by atoms with Crippen LogP contribution in [0.5, 0.6) is 5.75 Å². The number of nitrogen functional groups attached to an aromatic ring is 1. The minimum Gasteiger partial charge on any atom is -0.490 e. The Bertz CT molecular complexity index is 352. The molecule has 6 heteroatoms. The Hall–Kier alpha value is -1.56. The Labute approximate surface area is 88.4 Å². The normalized spacial score (nSPS) is 14.9. The number of hydrogen-bond acceptors (Lipinski definition) is 6. The van der Waals surface area contributed by atoms with Crippen LogP contribution in [0.4, 0.5) is 11.6 Å². The van der Waals surface area contributed by atoms with Crippen LogP contribution >= 0.6 is 0 Å². The zero-order chi connectivity index (χ0) is 10.8. The molecule has 1 aromatic heterocycles. The summed E-state index contributed by atoms with van der Waals surface area (Å²) in [7, 11) is 3.59. The lowest BCUT2D eigenvalue weighted by Gasteiger charge is -2.20. The smallest absolute Gasteiger partial charge is 0.205 e. The van der Waals surface area contributed by atoms with Gasteiger partial charge in [-0.2, -0.15) is 0 Å². The number of nitrogens with zero attached hydrogens (tertiary/aromatic N) is 3. The first-order chi connectivity index (χ1) is 7.27. The van der Waals surface area contributed by atoms with Crippen molar-refractivity contribution >= 4 is 11.6 Å². The Morgan fingerprint density at radius 1 is 1.53 bits per heavy atom. The van der Waals surface area contributed by atoms with Gasteiger partial charge in [-0.1, -0.05) is 0 Å². The molecule has 1 heterocycles. The van der Waals surface area contributed by atoms with E-state index in [1.54, 1.807) is 7.11 Å². The van der Waals surface area contributed by atoms with Crippen LogP contribution in [0.2, 0.25) is 0 Å². The van der Waals surface area contributed by atoms with E-state index in [2.05, 4.69) is 20.3 Å². The average Bonchev–Trinajstić information content (AvgIpc) is 3.10. The van der Waals surface area contributed by atoms with Crippen LogP contribution < -0.4 is 20.9 Å². The summed E-state index contributed by atoms with van der Waals surface area (Å²) in [5, 5.41) is 0. The second-order valence-corrected chi connectivity index (χ2v) is 3.57. The highest BCUT2D eigenvalue weighted by atomic mass is 16.5. The fourth-order valence-corrected chi connectivity index (χ4v) is 1.54. The van der Waals surface area contributed by atoms with Crippen molar-refractivity contribution in [3.8, 4) is 5.75 Å². The summed E-state index contributed by atoms with van der Waals surface area (Å²) in [4.78, 5) is 10.3. The molecule has 0 radical (unpaired) electrons.